The number of nitriles is 1. The molecule has 0 radical (unpaired) electrons. The average molecular weight is 416 g/mol. The predicted molar refractivity (Wildman–Crippen MR) is 112 cm³/mol. The summed E-state index contributed by atoms with van der Waals surface area (Å²) in [7, 11) is 0. The van der Waals surface area contributed by atoms with E-state index < -0.39 is 0 Å². The standard InChI is InChI=1S/C21H20N8O2/c1-12(2)20-26-28(21(31)18-7-15(13-3-4-13)25-29(18)20)10-19(30)24-14-5-6-17-16(8-22)23-11-27(17)9-14/h5-7,9,11-13H,3-4,10H2,1-2H3,(H,24,30). The van der Waals surface area contributed by atoms with E-state index in [9.17, 15) is 9.59 Å². The summed E-state index contributed by atoms with van der Waals surface area (Å²) < 4.78 is 4.48. The highest BCUT2D eigenvalue weighted by molar-refractivity contribution is 5.90. The van der Waals surface area contributed by atoms with Crippen molar-refractivity contribution in [1.82, 2.24) is 28.8 Å². The van der Waals surface area contributed by atoms with E-state index in [0.29, 0.717) is 34.2 Å². The third-order valence-electron chi connectivity index (χ3n) is 5.35. The third kappa shape index (κ3) is 3.34. The molecule has 0 aliphatic heterocycles. The van der Waals surface area contributed by atoms with Gasteiger partial charge in [0.25, 0.3) is 5.56 Å². The molecule has 1 N–H and O–H groups in total. The van der Waals surface area contributed by atoms with E-state index in [1.165, 1.54) is 11.0 Å². The van der Waals surface area contributed by atoms with Gasteiger partial charge in [0.05, 0.1) is 16.9 Å². The summed E-state index contributed by atoms with van der Waals surface area (Å²) in [5.74, 6) is 0.701. The van der Waals surface area contributed by atoms with Gasteiger partial charge in [0.2, 0.25) is 5.91 Å². The zero-order chi connectivity index (χ0) is 21.7. The SMILES string of the molecule is CC(C)c1nn(CC(=O)Nc2ccc3c(C#N)ncn3c2)c(=O)c2cc(C3CC3)nn12. The fourth-order valence-electron chi connectivity index (χ4n) is 3.61. The summed E-state index contributed by atoms with van der Waals surface area (Å²) >= 11 is 0. The minimum absolute atomic E-state index is 0.0299. The Morgan fingerprint density at radius 1 is 1.29 bits per heavy atom. The summed E-state index contributed by atoms with van der Waals surface area (Å²) in [4.78, 5) is 29.6. The van der Waals surface area contributed by atoms with Crippen molar-refractivity contribution in [2.45, 2.75) is 45.1 Å². The van der Waals surface area contributed by atoms with Gasteiger partial charge in [0.15, 0.2) is 11.5 Å². The van der Waals surface area contributed by atoms with Crippen LogP contribution in [0.3, 0.4) is 0 Å². The average Bonchev–Trinajstić information content (AvgIpc) is 3.36. The quantitative estimate of drug-likeness (QED) is 0.531. The first-order valence-electron chi connectivity index (χ1n) is 10.1. The van der Waals surface area contributed by atoms with Crippen LogP contribution >= 0.6 is 0 Å². The van der Waals surface area contributed by atoms with Crippen molar-refractivity contribution >= 4 is 22.6 Å². The second-order valence-corrected chi connectivity index (χ2v) is 8.08. The molecule has 1 aliphatic carbocycles. The lowest BCUT2D eigenvalue weighted by Crippen LogP contribution is -2.32. The molecular formula is C21H20N8O2. The van der Waals surface area contributed by atoms with Gasteiger partial charge in [-0.15, -0.1) is 0 Å². The van der Waals surface area contributed by atoms with E-state index in [1.807, 2.05) is 26.0 Å². The summed E-state index contributed by atoms with van der Waals surface area (Å²) in [6.07, 6.45) is 5.35. The van der Waals surface area contributed by atoms with Crippen molar-refractivity contribution in [3.8, 4) is 6.07 Å². The van der Waals surface area contributed by atoms with Crippen molar-refractivity contribution in [2.24, 2.45) is 0 Å². The van der Waals surface area contributed by atoms with Crippen molar-refractivity contribution < 1.29 is 4.79 Å². The molecule has 1 amide bonds. The molecule has 4 aromatic heterocycles. The fraction of sp³-hybridized carbons (Fsp3) is 0.333. The topological polar surface area (TPSA) is 122 Å². The van der Waals surface area contributed by atoms with Crippen LogP contribution in [0.4, 0.5) is 5.69 Å². The number of fused-ring (bicyclic) bond motifs is 2. The first-order chi connectivity index (χ1) is 14.9. The van der Waals surface area contributed by atoms with Gasteiger partial charge in [0, 0.05) is 18.0 Å². The van der Waals surface area contributed by atoms with Gasteiger partial charge in [-0.3, -0.25) is 9.59 Å². The Kier molecular flexibility index (Phi) is 4.32. The van der Waals surface area contributed by atoms with Gasteiger partial charge in [-0.1, -0.05) is 13.8 Å². The molecule has 4 aromatic rings. The highest BCUT2D eigenvalue weighted by atomic mass is 16.2. The molecule has 0 atom stereocenters. The highest BCUT2D eigenvalue weighted by Crippen LogP contribution is 2.39. The number of pyridine rings is 1. The summed E-state index contributed by atoms with van der Waals surface area (Å²) in [6, 6.07) is 7.24. The second kappa shape index (κ2) is 7.05. The minimum atomic E-state index is -0.379. The predicted octanol–water partition coefficient (Wildman–Crippen LogP) is 2.05. The number of anilines is 1. The first-order valence-corrected chi connectivity index (χ1v) is 10.1. The lowest BCUT2D eigenvalue weighted by atomic mass is 10.2. The number of hydrogen-bond acceptors (Lipinski definition) is 6. The number of carbonyl (C=O) groups excluding carboxylic acids is 1. The third-order valence-corrected chi connectivity index (χ3v) is 5.35. The van der Waals surface area contributed by atoms with E-state index in [-0.39, 0.29) is 23.9 Å². The smallest absolute Gasteiger partial charge is 0.293 e. The zero-order valence-corrected chi connectivity index (χ0v) is 17.1. The molecule has 0 aromatic carbocycles. The zero-order valence-electron chi connectivity index (χ0n) is 17.1. The molecule has 0 spiro atoms. The molecular weight excluding hydrogens is 396 g/mol. The van der Waals surface area contributed by atoms with Crippen molar-refractivity contribution in [1.29, 1.82) is 5.26 Å². The minimum Gasteiger partial charge on any atom is -0.323 e. The molecule has 10 nitrogen and oxygen atoms in total. The Morgan fingerprint density at radius 2 is 2.10 bits per heavy atom. The van der Waals surface area contributed by atoms with E-state index in [4.69, 9.17) is 5.26 Å². The number of amides is 1. The second-order valence-electron chi connectivity index (χ2n) is 8.08. The van der Waals surface area contributed by atoms with Gasteiger partial charge in [-0.25, -0.2) is 14.2 Å². The molecule has 0 bridgehead atoms. The molecule has 156 valence electrons. The van der Waals surface area contributed by atoms with Gasteiger partial charge >= 0.3 is 0 Å². The number of imidazole rings is 1. The number of rotatable bonds is 5. The van der Waals surface area contributed by atoms with Crippen molar-refractivity contribution in [3.63, 3.8) is 0 Å². The van der Waals surface area contributed by atoms with Gasteiger partial charge in [-0.05, 0) is 31.0 Å². The van der Waals surface area contributed by atoms with Crippen LogP contribution in [0.2, 0.25) is 0 Å². The lowest BCUT2D eigenvalue weighted by Gasteiger charge is -2.12. The molecule has 5 rings (SSSR count). The first kappa shape index (κ1) is 19.0. The van der Waals surface area contributed by atoms with Gasteiger partial charge in [0.1, 0.15) is 24.5 Å². The largest absolute Gasteiger partial charge is 0.323 e. The number of aromatic nitrogens is 6. The summed E-state index contributed by atoms with van der Waals surface area (Å²) in [5, 5.41) is 20.9. The fourth-order valence-corrected chi connectivity index (χ4v) is 3.61. The summed E-state index contributed by atoms with van der Waals surface area (Å²) in [5.41, 5.74) is 2.50. The Morgan fingerprint density at radius 3 is 2.81 bits per heavy atom. The molecule has 4 heterocycles. The van der Waals surface area contributed by atoms with Crippen LogP contribution in [-0.4, -0.2) is 34.7 Å². The number of carbonyl (C=O) groups is 1. The van der Waals surface area contributed by atoms with Crippen LogP contribution in [-0.2, 0) is 11.3 Å². The van der Waals surface area contributed by atoms with Gasteiger partial charge < -0.3 is 9.72 Å². The number of nitrogens with one attached hydrogen (secondary N) is 1. The Bertz CT molecular complexity index is 1430. The summed E-state index contributed by atoms with van der Waals surface area (Å²) in [6.45, 7) is 3.74. The van der Waals surface area contributed by atoms with Gasteiger partial charge in [-0.2, -0.15) is 15.5 Å². The maximum absolute atomic E-state index is 13.0. The molecule has 1 fully saturated rings. The van der Waals surface area contributed by atoms with Crippen LogP contribution in [0.1, 0.15) is 55.7 Å². The molecule has 0 unspecified atom stereocenters. The van der Waals surface area contributed by atoms with Crippen LogP contribution in [0.5, 0.6) is 0 Å². The molecule has 10 heteroatoms. The molecule has 0 saturated heterocycles. The van der Waals surface area contributed by atoms with E-state index in [0.717, 1.165) is 18.5 Å². The van der Waals surface area contributed by atoms with E-state index in [1.54, 1.807) is 27.2 Å². The van der Waals surface area contributed by atoms with Crippen LogP contribution < -0.4 is 10.9 Å². The monoisotopic (exact) mass is 416 g/mol. The normalized spacial score (nSPS) is 13.7. The van der Waals surface area contributed by atoms with Crippen molar-refractivity contribution in [2.75, 3.05) is 5.32 Å². The van der Waals surface area contributed by atoms with Crippen LogP contribution in [0.15, 0.2) is 35.5 Å². The molecule has 1 aliphatic rings. The molecule has 31 heavy (non-hydrogen) atoms. The maximum atomic E-state index is 13.0. The Hall–Kier alpha value is -4.00. The lowest BCUT2D eigenvalue weighted by molar-refractivity contribution is -0.117. The van der Waals surface area contributed by atoms with E-state index >= 15 is 0 Å². The van der Waals surface area contributed by atoms with Crippen LogP contribution in [0.25, 0.3) is 11.0 Å². The van der Waals surface area contributed by atoms with E-state index in [2.05, 4.69) is 20.5 Å². The highest BCUT2D eigenvalue weighted by Gasteiger charge is 2.28. The molecule has 1 saturated carbocycles. The number of hydrogen-bond donors (Lipinski definition) is 1. The Labute approximate surface area is 176 Å². The number of nitrogens with zero attached hydrogens (tertiary/aromatic N) is 7. The Balaban J connectivity index is 1.44. The maximum Gasteiger partial charge on any atom is 0.293 e. The van der Waals surface area contributed by atoms with Crippen LogP contribution in [0, 0.1) is 11.3 Å². The van der Waals surface area contributed by atoms with Crippen molar-refractivity contribution in [3.05, 3.63) is 58.3 Å².